The number of methoxy groups -OCH3 is 1. The monoisotopic (exact) mass is 324 g/mol. The summed E-state index contributed by atoms with van der Waals surface area (Å²) in [6, 6.07) is 8.25. The van der Waals surface area contributed by atoms with Gasteiger partial charge in [0, 0.05) is 17.6 Å². The van der Waals surface area contributed by atoms with E-state index < -0.39 is 0 Å². The second-order valence-electron chi connectivity index (χ2n) is 5.83. The van der Waals surface area contributed by atoms with Crippen molar-refractivity contribution in [3.05, 3.63) is 34.9 Å². The fourth-order valence-electron chi connectivity index (χ4n) is 2.89. The molecule has 1 aromatic carbocycles. The number of nitrogens with one attached hydrogen (secondary N) is 1. The molecule has 1 aromatic rings. The van der Waals surface area contributed by atoms with Crippen molar-refractivity contribution in [2.45, 2.75) is 44.8 Å². The molecule has 0 amide bonds. The molecule has 0 aliphatic carbocycles. The first-order valence-corrected chi connectivity index (χ1v) is 8.30. The van der Waals surface area contributed by atoms with E-state index in [-0.39, 0.29) is 12.0 Å². The maximum atomic E-state index is 11.6. The number of carbonyl (C=O) groups is 1. The molecule has 4 nitrogen and oxygen atoms in total. The van der Waals surface area contributed by atoms with Crippen LogP contribution >= 0.6 is 11.6 Å². The topological polar surface area (TPSA) is 41.6 Å². The highest BCUT2D eigenvalue weighted by Gasteiger charge is 2.24. The van der Waals surface area contributed by atoms with E-state index in [2.05, 4.69) is 22.3 Å². The lowest BCUT2D eigenvalue weighted by Crippen LogP contribution is -2.48. The third-order valence-electron chi connectivity index (χ3n) is 4.24. The number of benzene rings is 1. The molecular weight excluding hydrogens is 300 g/mol. The van der Waals surface area contributed by atoms with Crippen LogP contribution in [0.15, 0.2) is 24.3 Å². The Morgan fingerprint density at radius 2 is 2.00 bits per heavy atom. The predicted molar refractivity (Wildman–Crippen MR) is 89.0 cm³/mol. The van der Waals surface area contributed by atoms with Crippen molar-refractivity contribution in [2.24, 2.45) is 0 Å². The zero-order chi connectivity index (χ0) is 15.9. The molecule has 1 saturated heterocycles. The van der Waals surface area contributed by atoms with Crippen LogP contribution in [0.25, 0.3) is 0 Å². The van der Waals surface area contributed by atoms with E-state index in [9.17, 15) is 4.79 Å². The quantitative estimate of drug-likeness (QED) is 0.817. The van der Waals surface area contributed by atoms with Crippen molar-refractivity contribution >= 4 is 17.6 Å². The summed E-state index contributed by atoms with van der Waals surface area (Å²) in [5.74, 6) is -0.161. The van der Waals surface area contributed by atoms with Crippen LogP contribution in [0.4, 0.5) is 0 Å². The molecule has 0 saturated carbocycles. The fraction of sp³-hybridized carbons (Fsp3) is 0.588. The summed E-state index contributed by atoms with van der Waals surface area (Å²) in [6.07, 6.45) is 2.87. The van der Waals surface area contributed by atoms with E-state index in [1.54, 1.807) is 0 Å². The average Bonchev–Trinajstić information content (AvgIpc) is 2.55. The molecular formula is C17H25ClN2O2. The van der Waals surface area contributed by atoms with Crippen LogP contribution in [0.1, 0.15) is 31.7 Å². The number of nitrogens with zero attached hydrogens (tertiary/aromatic N) is 1. The summed E-state index contributed by atoms with van der Waals surface area (Å²) in [5, 5.41) is 4.21. The summed E-state index contributed by atoms with van der Waals surface area (Å²) in [5.41, 5.74) is 1.29. The number of hydrogen-bond donors (Lipinski definition) is 1. The van der Waals surface area contributed by atoms with Crippen molar-refractivity contribution < 1.29 is 9.53 Å². The second kappa shape index (κ2) is 8.51. The molecule has 1 fully saturated rings. The summed E-state index contributed by atoms with van der Waals surface area (Å²) in [4.78, 5) is 14.1. The van der Waals surface area contributed by atoms with Crippen molar-refractivity contribution in [3.8, 4) is 0 Å². The molecule has 1 aliphatic rings. The molecule has 122 valence electrons. The van der Waals surface area contributed by atoms with E-state index >= 15 is 0 Å². The minimum absolute atomic E-state index is 0.161. The number of rotatable bonds is 6. The standard InChI is InChI=1S/C17H25ClN2O2/c1-3-16(17(21)22-2)19-15-8-10-20(11-9-15)12-13-4-6-14(18)7-5-13/h4-7,15-16,19H,3,8-12H2,1-2H3/t16-/m0/s1. The lowest BCUT2D eigenvalue weighted by Gasteiger charge is -2.34. The van der Waals surface area contributed by atoms with E-state index in [0.717, 1.165) is 43.9 Å². The van der Waals surface area contributed by atoms with E-state index in [1.165, 1.54) is 12.7 Å². The predicted octanol–water partition coefficient (Wildman–Crippen LogP) is 2.85. The van der Waals surface area contributed by atoms with Crippen LogP contribution in [0.5, 0.6) is 0 Å². The van der Waals surface area contributed by atoms with E-state index in [4.69, 9.17) is 16.3 Å². The van der Waals surface area contributed by atoms with Gasteiger partial charge in [-0.2, -0.15) is 0 Å². The zero-order valence-corrected chi connectivity index (χ0v) is 14.1. The lowest BCUT2D eigenvalue weighted by molar-refractivity contribution is -0.143. The van der Waals surface area contributed by atoms with E-state index in [0.29, 0.717) is 6.04 Å². The molecule has 1 heterocycles. The third-order valence-corrected chi connectivity index (χ3v) is 4.49. The number of halogens is 1. The van der Waals surface area contributed by atoms with Gasteiger partial charge in [0.25, 0.3) is 0 Å². The van der Waals surface area contributed by atoms with Gasteiger partial charge in [-0.3, -0.25) is 9.69 Å². The maximum absolute atomic E-state index is 11.6. The molecule has 1 atom stereocenters. The second-order valence-corrected chi connectivity index (χ2v) is 6.26. The van der Waals surface area contributed by atoms with Crippen LogP contribution < -0.4 is 5.32 Å². The van der Waals surface area contributed by atoms with Crippen molar-refractivity contribution in [1.29, 1.82) is 0 Å². The van der Waals surface area contributed by atoms with Gasteiger partial charge in [-0.25, -0.2) is 0 Å². The Labute approximate surface area is 137 Å². The highest BCUT2D eigenvalue weighted by molar-refractivity contribution is 6.30. The highest BCUT2D eigenvalue weighted by atomic mass is 35.5. The van der Waals surface area contributed by atoms with Gasteiger partial charge in [-0.1, -0.05) is 30.7 Å². The minimum atomic E-state index is -0.183. The Bertz CT molecular complexity index is 470. The molecule has 1 N–H and O–H groups in total. The van der Waals surface area contributed by atoms with Gasteiger partial charge < -0.3 is 10.1 Å². The number of carbonyl (C=O) groups excluding carboxylic acids is 1. The number of esters is 1. The van der Waals surface area contributed by atoms with Crippen molar-refractivity contribution in [1.82, 2.24) is 10.2 Å². The molecule has 0 radical (unpaired) electrons. The van der Waals surface area contributed by atoms with Crippen molar-refractivity contribution in [2.75, 3.05) is 20.2 Å². The summed E-state index contributed by atoms with van der Waals surface area (Å²) < 4.78 is 4.83. The summed E-state index contributed by atoms with van der Waals surface area (Å²) >= 11 is 5.91. The van der Waals surface area contributed by atoms with Gasteiger partial charge in [0.15, 0.2) is 0 Å². The Hall–Kier alpha value is -1.10. The maximum Gasteiger partial charge on any atom is 0.322 e. The molecule has 0 bridgehead atoms. The van der Waals surface area contributed by atoms with Crippen molar-refractivity contribution in [3.63, 3.8) is 0 Å². The molecule has 0 unspecified atom stereocenters. The third kappa shape index (κ3) is 4.97. The first-order chi connectivity index (χ1) is 10.6. The SMILES string of the molecule is CC[C@H](NC1CCN(Cc2ccc(Cl)cc2)CC1)C(=O)OC. The summed E-state index contributed by atoms with van der Waals surface area (Å²) in [7, 11) is 1.45. The van der Waals surface area contributed by atoms with E-state index in [1.807, 2.05) is 19.1 Å². The van der Waals surface area contributed by atoms with Gasteiger partial charge >= 0.3 is 5.97 Å². The van der Waals surface area contributed by atoms with Crippen LogP contribution in [-0.4, -0.2) is 43.2 Å². The van der Waals surface area contributed by atoms with Gasteiger partial charge in [0.05, 0.1) is 7.11 Å². The Morgan fingerprint density at radius 1 is 1.36 bits per heavy atom. The average molecular weight is 325 g/mol. The Morgan fingerprint density at radius 3 is 2.55 bits per heavy atom. The first-order valence-electron chi connectivity index (χ1n) is 7.93. The largest absolute Gasteiger partial charge is 0.468 e. The smallest absolute Gasteiger partial charge is 0.322 e. The Kier molecular flexibility index (Phi) is 6.68. The molecule has 22 heavy (non-hydrogen) atoms. The van der Waals surface area contributed by atoms with Crippen LogP contribution in [0.3, 0.4) is 0 Å². The molecule has 2 rings (SSSR count). The van der Waals surface area contributed by atoms with Crippen LogP contribution in [-0.2, 0) is 16.1 Å². The first kappa shape index (κ1) is 17.3. The number of hydrogen-bond acceptors (Lipinski definition) is 4. The highest BCUT2D eigenvalue weighted by Crippen LogP contribution is 2.16. The van der Waals surface area contributed by atoms with Gasteiger partial charge in [-0.05, 0) is 50.0 Å². The zero-order valence-electron chi connectivity index (χ0n) is 13.3. The van der Waals surface area contributed by atoms with Crippen LogP contribution in [0, 0.1) is 0 Å². The molecule has 5 heteroatoms. The molecule has 0 spiro atoms. The minimum Gasteiger partial charge on any atom is -0.468 e. The van der Waals surface area contributed by atoms with Gasteiger partial charge in [-0.15, -0.1) is 0 Å². The van der Waals surface area contributed by atoms with Gasteiger partial charge in [0.1, 0.15) is 6.04 Å². The summed E-state index contributed by atoms with van der Waals surface area (Å²) in [6.45, 7) is 5.04. The lowest BCUT2D eigenvalue weighted by atomic mass is 10.0. The fourth-order valence-corrected chi connectivity index (χ4v) is 3.01. The van der Waals surface area contributed by atoms with Crippen LogP contribution in [0.2, 0.25) is 5.02 Å². The normalized spacial score (nSPS) is 18.1. The number of likely N-dealkylation sites (tertiary alicyclic amines) is 1. The van der Waals surface area contributed by atoms with Gasteiger partial charge in [0.2, 0.25) is 0 Å². The number of ether oxygens (including phenoxy) is 1. The molecule has 0 aromatic heterocycles. The molecule has 1 aliphatic heterocycles. The Balaban J connectivity index is 1.77. The number of piperidine rings is 1.